The van der Waals surface area contributed by atoms with Crippen molar-refractivity contribution in [1.82, 2.24) is 0 Å². The van der Waals surface area contributed by atoms with E-state index in [0.29, 0.717) is 11.6 Å². The highest BCUT2D eigenvalue weighted by molar-refractivity contribution is 5.97. The van der Waals surface area contributed by atoms with Gasteiger partial charge in [0.05, 0.1) is 0 Å². The largest absolute Gasteiger partial charge is 0.312 e. The van der Waals surface area contributed by atoms with Crippen molar-refractivity contribution in [3.63, 3.8) is 0 Å². The Labute approximate surface area is 87.7 Å². The minimum Gasteiger partial charge on any atom is -0.312 e. The Kier molecular flexibility index (Phi) is 1.81. The maximum absolute atomic E-state index is 13.0. The van der Waals surface area contributed by atoms with Crippen molar-refractivity contribution in [2.24, 2.45) is 11.8 Å². The van der Waals surface area contributed by atoms with E-state index >= 15 is 0 Å². The summed E-state index contributed by atoms with van der Waals surface area (Å²) >= 11 is 0. The fraction of sp³-hybridized carbons (Fsp3) is 0.417. The molecule has 1 amide bonds. The lowest BCUT2D eigenvalue weighted by molar-refractivity contribution is -0.129. The standard InChI is InChI=1S/C12H12FNO/c13-10-2-1-3-11(6-10)14-7-8-4-9(5-8)12(14)15/h1-3,6,8-9H,4-5,7H2. The van der Waals surface area contributed by atoms with E-state index < -0.39 is 0 Å². The van der Waals surface area contributed by atoms with E-state index in [1.54, 1.807) is 17.0 Å². The molecule has 2 nitrogen and oxygen atoms in total. The fourth-order valence-corrected chi connectivity index (χ4v) is 2.53. The van der Waals surface area contributed by atoms with Gasteiger partial charge in [-0.25, -0.2) is 4.39 Å². The summed E-state index contributed by atoms with van der Waals surface area (Å²) in [5.41, 5.74) is 0.703. The van der Waals surface area contributed by atoms with Crippen LogP contribution in [0.5, 0.6) is 0 Å². The van der Waals surface area contributed by atoms with Crippen LogP contribution in [0.3, 0.4) is 0 Å². The molecule has 0 aromatic heterocycles. The Balaban J connectivity index is 1.91. The van der Waals surface area contributed by atoms with Crippen LogP contribution in [0.2, 0.25) is 0 Å². The molecule has 2 heterocycles. The molecule has 78 valence electrons. The van der Waals surface area contributed by atoms with Crippen LogP contribution in [-0.4, -0.2) is 12.5 Å². The first-order valence-electron chi connectivity index (χ1n) is 5.31. The highest BCUT2D eigenvalue weighted by Crippen LogP contribution is 2.41. The van der Waals surface area contributed by atoms with Crippen LogP contribution in [0.1, 0.15) is 12.8 Å². The van der Waals surface area contributed by atoms with Crippen LogP contribution in [-0.2, 0) is 4.79 Å². The van der Waals surface area contributed by atoms with E-state index in [1.165, 1.54) is 12.1 Å². The Morgan fingerprint density at radius 3 is 2.80 bits per heavy atom. The Morgan fingerprint density at radius 2 is 2.13 bits per heavy atom. The van der Waals surface area contributed by atoms with Gasteiger partial charge in [-0.15, -0.1) is 0 Å². The van der Waals surface area contributed by atoms with E-state index in [1.807, 2.05) is 0 Å². The number of halogens is 1. The van der Waals surface area contributed by atoms with Crippen molar-refractivity contribution >= 4 is 11.6 Å². The summed E-state index contributed by atoms with van der Waals surface area (Å²) in [7, 11) is 0. The first kappa shape index (κ1) is 8.89. The van der Waals surface area contributed by atoms with E-state index in [2.05, 4.69) is 0 Å². The number of hydrogen-bond acceptors (Lipinski definition) is 1. The van der Waals surface area contributed by atoms with Crippen LogP contribution in [0.4, 0.5) is 10.1 Å². The molecular weight excluding hydrogens is 193 g/mol. The van der Waals surface area contributed by atoms with Crippen molar-refractivity contribution in [2.45, 2.75) is 12.8 Å². The van der Waals surface area contributed by atoms with E-state index in [0.717, 1.165) is 19.4 Å². The highest BCUT2D eigenvalue weighted by atomic mass is 19.1. The van der Waals surface area contributed by atoms with E-state index in [4.69, 9.17) is 0 Å². The van der Waals surface area contributed by atoms with Gasteiger partial charge in [-0.05, 0) is 37.0 Å². The van der Waals surface area contributed by atoms with Crippen LogP contribution >= 0.6 is 0 Å². The molecule has 2 bridgehead atoms. The molecule has 1 aromatic carbocycles. The van der Waals surface area contributed by atoms with Gasteiger partial charge in [-0.1, -0.05) is 6.07 Å². The molecule has 2 aliphatic heterocycles. The lowest BCUT2D eigenvalue weighted by atomic mass is 9.70. The molecule has 1 saturated carbocycles. The summed E-state index contributed by atoms with van der Waals surface area (Å²) in [6.45, 7) is 0.763. The Bertz CT molecular complexity index is 412. The maximum atomic E-state index is 13.0. The number of piperidine rings is 2. The van der Waals surface area contributed by atoms with Crippen molar-refractivity contribution in [3.8, 4) is 0 Å². The number of rotatable bonds is 1. The number of carbonyl (C=O) groups excluding carboxylic acids is 1. The minimum absolute atomic E-state index is 0.170. The van der Waals surface area contributed by atoms with Crippen LogP contribution < -0.4 is 4.90 Å². The van der Waals surface area contributed by atoms with Crippen molar-refractivity contribution in [3.05, 3.63) is 30.1 Å². The van der Waals surface area contributed by atoms with Crippen molar-refractivity contribution < 1.29 is 9.18 Å². The number of amides is 1. The molecule has 0 radical (unpaired) electrons. The number of fused-ring (bicyclic) bond motifs is 2. The second-order valence-corrected chi connectivity index (χ2v) is 4.46. The molecule has 1 aliphatic carbocycles. The van der Waals surface area contributed by atoms with Gasteiger partial charge in [0.2, 0.25) is 5.91 Å². The molecule has 2 saturated heterocycles. The van der Waals surface area contributed by atoms with Gasteiger partial charge in [0, 0.05) is 18.2 Å². The van der Waals surface area contributed by atoms with E-state index in [9.17, 15) is 9.18 Å². The SMILES string of the molecule is O=C1C2CC(C2)CN1c1cccc(F)c1. The maximum Gasteiger partial charge on any atom is 0.230 e. The molecule has 1 aromatic rings. The quantitative estimate of drug-likeness (QED) is 0.688. The molecule has 3 aliphatic rings. The van der Waals surface area contributed by atoms with Gasteiger partial charge in [0.25, 0.3) is 0 Å². The van der Waals surface area contributed by atoms with Gasteiger partial charge in [0.1, 0.15) is 5.82 Å². The summed E-state index contributed by atoms with van der Waals surface area (Å²) in [5.74, 6) is 0.727. The second kappa shape index (κ2) is 3.05. The number of anilines is 1. The topological polar surface area (TPSA) is 20.3 Å². The van der Waals surface area contributed by atoms with Crippen LogP contribution in [0, 0.1) is 17.7 Å². The monoisotopic (exact) mass is 205 g/mol. The minimum atomic E-state index is -0.278. The lowest BCUT2D eigenvalue weighted by Crippen LogP contribution is -2.53. The number of nitrogens with zero attached hydrogens (tertiary/aromatic N) is 1. The summed E-state index contributed by atoms with van der Waals surface area (Å²) in [6.07, 6.45) is 2.06. The second-order valence-electron chi connectivity index (χ2n) is 4.46. The number of carbonyl (C=O) groups is 1. The normalized spacial score (nSPS) is 28.9. The average molecular weight is 205 g/mol. The summed E-state index contributed by atoms with van der Waals surface area (Å²) in [6, 6.07) is 6.28. The molecule has 3 heteroatoms. The first-order valence-corrected chi connectivity index (χ1v) is 5.31. The zero-order valence-corrected chi connectivity index (χ0v) is 8.32. The Hall–Kier alpha value is -1.38. The third-order valence-electron chi connectivity index (χ3n) is 3.41. The highest BCUT2D eigenvalue weighted by Gasteiger charge is 2.43. The van der Waals surface area contributed by atoms with Crippen LogP contribution in [0.15, 0.2) is 24.3 Å². The fourth-order valence-electron chi connectivity index (χ4n) is 2.53. The predicted molar refractivity (Wildman–Crippen MR) is 55.0 cm³/mol. The van der Waals surface area contributed by atoms with E-state index in [-0.39, 0.29) is 17.6 Å². The van der Waals surface area contributed by atoms with Gasteiger partial charge in [-0.3, -0.25) is 4.79 Å². The molecular formula is C12H12FNO. The summed E-state index contributed by atoms with van der Waals surface area (Å²) in [5, 5.41) is 0. The predicted octanol–water partition coefficient (Wildman–Crippen LogP) is 2.20. The zero-order valence-electron chi connectivity index (χ0n) is 8.32. The smallest absolute Gasteiger partial charge is 0.230 e. The average Bonchev–Trinajstić information content (AvgIpc) is 2.16. The molecule has 0 spiro atoms. The molecule has 4 rings (SSSR count). The molecule has 0 atom stereocenters. The Morgan fingerprint density at radius 1 is 1.33 bits per heavy atom. The third kappa shape index (κ3) is 1.34. The molecule has 3 fully saturated rings. The van der Waals surface area contributed by atoms with Crippen LogP contribution in [0.25, 0.3) is 0 Å². The van der Waals surface area contributed by atoms with Gasteiger partial charge in [-0.2, -0.15) is 0 Å². The van der Waals surface area contributed by atoms with Gasteiger partial charge in [0.15, 0.2) is 0 Å². The van der Waals surface area contributed by atoms with Gasteiger partial charge < -0.3 is 4.90 Å². The number of benzene rings is 1. The number of hydrogen-bond donors (Lipinski definition) is 0. The van der Waals surface area contributed by atoms with Crippen molar-refractivity contribution in [1.29, 1.82) is 0 Å². The first-order chi connectivity index (χ1) is 7.24. The molecule has 0 unspecified atom stereocenters. The summed E-state index contributed by atoms with van der Waals surface area (Å²) < 4.78 is 13.0. The lowest BCUT2D eigenvalue weighted by Gasteiger charge is -2.46. The molecule has 15 heavy (non-hydrogen) atoms. The molecule has 0 N–H and O–H groups in total. The van der Waals surface area contributed by atoms with Crippen molar-refractivity contribution in [2.75, 3.05) is 11.4 Å². The zero-order chi connectivity index (χ0) is 10.4. The third-order valence-corrected chi connectivity index (χ3v) is 3.41. The summed E-state index contributed by atoms with van der Waals surface area (Å²) in [4.78, 5) is 13.6. The van der Waals surface area contributed by atoms with Gasteiger partial charge >= 0.3 is 0 Å².